The third-order valence-corrected chi connectivity index (χ3v) is 7.70. The minimum absolute atomic E-state index is 0.299. The van der Waals surface area contributed by atoms with Crippen molar-refractivity contribution < 1.29 is 23.9 Å². The number of hydrogen-bond donors (Lipinski definition) is 2. The zero-order valence-electron chi connectivity index (χ0n) is 20.8. The van der Waals surface area contributed by atoms with Crippen molar-refractivity contribution in [3.05, 3.63) is 69.6 Å². The van der Waals surface area contributed by atoms with Crippen molar-refractivity contribution >= 4 is 45.2 Å². The van der Waals surface area contributed by atoms with Gasteiger partial charge in [-0.3, -0.25) is 4.79 Å². The van der Waals surface area contributed by atoms with Crippen LogP contribution in [0.1, 0.15) is 56.5 Å². The number of rotatable bonds is 6. The quantitative estimate of drug-likeness (QED) is 0.329. The molecule has 1 unspecified atom stereocenters. The standard InChI is InChI=1S/C28H27N3O5S/c1-15-8-10-17(11-9-15)24-29-20-13-12-18(14-21(20)30-24)27(33)36-16(2)25(32)31-26-23(28(34)35-3)19-6-4-5-7-22(19)37-26/h8-14,16H,4-7H2,1-3H3,(H,29,30)(H,31,32). The molecule has 0 spiro atoms. The molecule has 1 amide bonds. The molecule has 9 heteroatoms. The summed E-state index contributed by atoms with van der Waals surface area (Å²) in [4.78, 5) is 47.1. The van der Waals surface area contributed by atoms with Crippen LogP contribution >= 0.6 is 11.3 Å². The number of imidazole rings is 1. The predicted molar refractivity (Wildman–Crippen MR) is 142 cm³/mol. The Morgan fingerprint density at radius 1 is 1.05 bits per heavy atom. The lowest BCUT2D eigenvalue weighted by atomic mass is 9.95. The third-order valence-electron chi connectivity index (χ3n) is 6.49. The highest BCUT2D eigenvalue weighted by Gasteiger charge is 2.28. The average Bonchev–Trinajstić information content (AvgIpc) is 3.49. The van der Waals surface area contributed by atoms with Crippen molar-refractivity contribution in [2.24, 2.45) is 0 Å². The van der Waals surface area contributed by atoms with E-state index in [1.165, 1.54) is 25.4 Å². The molecule has 190 valence electrons. The number of ether oxygens (including phenoxy) is 2. The third kappa shape index (κ3) is 4.99. The number of aromatic amines is 1. The normalized spacial score (nSPS) is 13.6. The van der Waals surface area contributed by atoms with Crippen molar-refractivity contribution in [2.75, 3.05) is 12.4 Å². The Hall–Kier alpha value is -3.98. The van der Waals surface area contributed by atoms with Gasteiger partial charge in [-0.25, -0.2) is 14.6 Å². The van der Waals surface area contributed by atoms with Gasteiger partial charge in [-0.2, -0.15) is 0 Å². The molecule has 2 aromatic carbocycles. The summed E-state index contributed by atoms with van der Waals surface area (Å²) in [6.07, 6.45) is 2.60. The molecular formula is C28H27N3O5S. The topological polar surface area (TPSA) is 110 Å². The second-order valence-corrected chi connectivity index (χ2v) is 10.2. The van der Waals surface area contributed by atoms with Gasteiger partial charge < -0.3 is 19.8 Å². The van der Waals surface area contributed by atoms with Crippen LogP contribution in [0.4, 0.5) is 5.00 Å². The van der Waals surface area contributed by atoms with Crippen LogP contribution in [-0.2, 0) is 27.1 Å². The molecule has 2 aromatic heterocycles. The summed E-state index contributed by atoms with van der Waals surface area (Å²) >= 11 is 1.38. The summed E-state index contributed by atoms with van der Waals surface area (Å²) < 4.78 is 10.4. The zero-order chi connectivity index (χ0) is 26.1. The fraction of sp³-hybridized carbons (Fsp3) is 0.286. The Bertz CT molecular complexity index is 1500. The number of carbonyl (C=O) groups excluding carboxylic acids is 3. The molecular weight excluding hydrogens is 490 g/mol. The number of esters is 2. The van der Waals surface area contributed by atoms with E-state index < -0.39 is 23.9 Å². The largest absolute Gasteiger partial charge is 0.465 e. The van der Waals surface area contributed by atoms with Crippen LogP contribution in [0.2, 0.25) is 0 Å². The fourth-order valence-electron chi connectivity index (χ4n) is 4.45. The van der Waals surface area contributed by atoms with E-state index in [2.05, 4.69) is 15.3 Å². The molecule has 1 atom stereocenters. The molecule has 0 fully saturated rings. The number of amides is 1. The second kappa shape index (κ2) is 10.2. The number of thiophene rings is 1. The fourth-order valence-corrected chi connectivity index (χ4v) is 5.73. The minimum Gasteiger partial charge on any atom is -0.465 e. The molecule has 5 rings (SSSR count). The smallest absolute Gasteiger partial charge is 0.341 e. The maximum Gasteiger partial charge on any atom is 0.341 e. The Kier molecular flexibility index (Phi) is 6.80. The summed E-state index contributed by atoms with van der Waals surface area (Å²) in [6, 6.07) is 13.0. The molecule has 0 bridgehead atoms. The molecule has 0 radical (unpaired) electrons. The number of carbonyl (C=O) groups is 3. The van der Waals surface area contributed by atoms with Gasteiger partial charge in [-0.1, -0.05) is 29.8 Å². The molecule has 0 saturated heterocycles. The Morgan fingerprint density at radius 3 is 2.57 bits per heavy atom. The molecule has 2 N–H and O–H groups in total. The lowest BCUT2D eigenvalue weighted by molar-refractivity contribution is -0.123. The predicted octanol–water partition coefficient (Wildman–Crippen LogP) is 5.45. The number of H-pyrrole nitrogens is 1. The highest BCUT2D eigenvalue weighted by atomic mass is 32.1. The Labute approximate surface area is 218 Å². The monoisotopic (exact) mass is 517 g/mol. The Balaban J connectivity index is 1.30. The molecule has 0 aliphatic heterocycles. The number of fused-ring (bicyclic) bond motifs is 2. The summed E-state index contributed by atoms with van der Waals surface area (Å²) in [5, 5.41) is 3.22. The molecule has 4 aromatic rings. The van der Waals surface area contributed by atoms with Crippen LogP contribution in [0.15, 0.2) is 42.5 Å². The number of benzene rings is 2. The summed E-state index contributed by atoms with van der Waals surface area (Å²) in [5.41, 5.74) is 5.15. The van der Waals surface area contributed by atoms with Crippen LogP contribution in [0.25, 0.3) is 22.4 Å². The number of nitrogens with one attached hydrogen (secondary N) is 2. The average molecular weight is 518 g/mol. The van der Waals surface area contributed by atoms with Gasteiger partial charge in [0.05, 0.1) is 29.3 Å². The molecule has 8 nitrogen and oxygen atoms in total. The van der Waals surface area contributed by atoms with Crippen LogP contribution in [-0.4, -0.2) is 41.0 Å². The molecule has 1 aliphatic rings. The molecule has 2 heterocycles. The van der Waals surface area contributed by atoms with E-state index in [4.69, 9.17) is 9.47 Å². The number of anilines is 1. The summed E-state index contributed by atoms with van der Waals surface area (Å²) in [7, 11) is 1.32. The number of methoxy groups -OCH3 is 1. The van der Waals surface area contributed by atoms with E-state index in [0.29, 0.717) is 27.5 Å². The van der Waals surface area contributed by atoms with Crippen LogP contribution < -0.4 is 5.32 Å². The van der Waals surface area contributed by atoms with Crippen LogP contribution in [0.3, 0.4) is 0 Å². The zero-order valence-corrected chi connectivity index (χ0v) is 21.7. The van der Waals surface area contributed by atoms with Gasteiger partial charge in [0, 0.05) is 10.4 Å². The highest BCUT2D eigenvalue weighted by molar-refractivity contribution is 7.17. The van der Waals surface area contributed by atoms with Crippen LogP contribution in [0, 0.1) is 6.92 Å². The van der Waals surface area contributed by atoms with Crippen molar-refractivity contribution in [1.29, 1.82) is 0 Å². The van der Waals surface area contributed by atoms with E-state index in [1.54, 1.807) is 18.2 Å². The lowest BCUT2D eigenvalue weighted by Crippen LogP contribution is -2.30. The van der Waals surface area contributed by atoms with Gasteiger partial charge in [-0.15, -0.1) is 11.3 Å². The van der Waals surface area contributed by atoms with Crippen molar-refractivity contribution in [1.82, 2.24) is 9.97 Å². The van der Waals surface area contributed by atoms with E-state index in [9.17, 15) is 14.4 Å². The first-order valence-electron chi connectivity index (χ1n) is 12.2. The number of hydrogen-bond acceptors (Lipinski definition) is 7. The Morgan fingerprint density at radius 2 is 1.81 bits per heavy atom. The van der Waals surface area contributed by atoms with Crippen molar-refractivity contribution in [2.45, 2.75) is 45.6 Å². The maximum atomic E-state index is 12.9. The molecule has 37 heavy (non-hydrogen) atoms. The SMILES string of the molecule is COC(=O)c1c(NC(=O)C(C)OC(=O)c2ccc3nc(-c4ccc(C)cc4)[nH]c3c2)sc2c1CCCC2. The molecule has 0 saturated carbocycles. The lowest BCUT2D eigenvalue weighted by Gasteiger charge is -2.14. The summed E-state index contributed by atoms with van der Waals surface area (Å²) in [6.45, 7) is 3.52. The first kappa shape index (κ1) is 24.7. The first-order chi connectivity index (χ1) is 17.8. The first-order valence-corrected chi connectivity index (χ1v) is 13.0. The number of nitrogens with zero attached hydrogens (tertiary/aromatic N) is 1. The highest BCUT2D eigenvalue weighted by Crippen LogP contribution is 2.38. The molecule has 1 aliphatic carbocycles. The summed E-state index contributed by atoms with van der Waals surface area (Å²) in [5.74, 6) is -0.915. The van der Waals surface area contributed by atoms with E-state index in [-0.39, 0.29) is 0 Å². The van der Waals surface area contributed by atoms with E-state index >= 15 is 0 Å². The number of aromatic nitrogens is 2. The van der Waals surface area contributed by atoms with Gasteiger partial charge >= 0.3 is 11.9 Å². The van der Waals surface area contributed by atoms with Crippen molar-refractivity contribution in [3.63, 3.8) is 0 Å². The van der Waals surface area contributed by atoms with Gasteiger partial charge in [-0.05, 0) is 63.3 Å². The minimum atomic E-state index is -1.07. The second-order valence-electron chi connectivity index (χ2n) is 9.13. The van der Waals surface area contributed by atoms with Gasteiger partial charge in [0.25, 0.3) is 5.91 Å². The van der Waals surface area contributed by atoms with Gasteiger partial charge in [0.15, 0.2) is 6.10 Å². The van der Waals surface area contributed by atoms with Crippen LogP contribution in [0.5, 0.6) is 0 Å². The van der Waals surface area contributed by atoms with E-state index in [1.807, 2.05) is 31.2 Å². The van der Waals surface area contributed by atoms with Gasteiger partial charge in [0.2, 0.25) is 0 Å². The maximum absolute atomic E-state index is 12.9. The van der Waals surface area contributed by atoms with Crippen molar-refractivity contribution in [3.8, 4) is 11.4 Å². The van der Waals surface area contributed by atoms with Gasteiger partial charge in [0.1, 0.15) is 10.8 Å². The number of aryl methyl sites for hydroxylation is 2. The van der Waals surface area contributed by atoms with E-state index in [0.717, 1.165) is 52.8 Å².